The molecule has 1 amide bonds. The Morgan fingerprint density at radius 2 is 1.91 bits per heavy atom. The lowest BCUT2D eigenvalue weighted by atomic mass is 10.0. The van der Waals surface area contributed by atoms with Crippen molar-refractivity contribution >= 4 is 18.3 Å². The summed E-state index contributed by atoms with van der Waals surface area (Å²) in [7, 11) is 0. The zero-order valence-electron chi connectivity index (χ0n) is 14.2. The van der Waals surface area contributed by atoms with Crippen molar-refractivity contribution in [3.05, 3.63) is 0 Å². The zero-order chi connectivity index (χ0) is 15.2. The first-order chi connectivity index (χ1) is 10.8. The molecule has 0 bridgehead atoms. The Balaban J connectivity index is 0.00000192. The van der Waals surface area contributed by atoms with Crippen LogP contribution in [0.25, 0.3) is 0 Å². The maximum Gasteiger partial charge on any atom is 0.223 e. The van der Waals surface area contributed by atoms with Crippen LogP contribution in [0.5, 0.6) is 0 Å². The highest BCUT2D eigenvalue weighted by atomic mass is 35.5. The van der Waals surface area contributed by atoms with Crippen molar-refractivity contribution in [1.29, 1.82) is 0 Å². The highest BCUT2D eigenvalue weighted by Crippen LogP contribution is 2.28. The summed E-state index contributed by atoms with van der Waals surface area (Å²) in [4.78, 5) is 17.4. The van der Waals surface area contributed by atoms with Gasteiger partial charge in [0.2, 0.25) is 5.91 Å². The molecule has 2 aliphatic heterocycles. The summed E-state index contributed by atoms with van der Waals surface area (Å²) in [6.07, 6.45) is 7.03. The van der Waals surface area contributed by atoms with Crippen LogP contribution in [0.1, 0.15) is 38.5 Å². The van der Waals surface area contributed by atoms with Gasteiger partial charge in [-0.2, -0.15) is 0 Å². The van der Waals surface area contributed by atoms with Gasteiger partial charge in [0.1, 0.15) is 0 Å². The number of hydrogen-bond acceptors (Lipinski definition) is 4. The van der Waals surface area contributed by atoms with Gasteiger partial charge in [0.15, 0.2) is 0 Å². The molecule has 134 valence electrons. The Morgan fingerprint density at radius 1 is 1.17 bits per heavy atom. The van der Waals surface area contributed by atoms with Crippen molar-refractivity contribution in [3.8, 4) is 0 Å². The molecule has 2 saturated heterocycles. The van der Waals surface area contributed by atoms with Gasteiger partial charge in [0, 0.05) is 45.2 Å². The Bertz CT molecular complexity index is 352. The van der Waals surface area contributed by atoms with Crippen LogP contribution in [0.2, 0.25) is 0 Å². The number of carbonyl (C=O) groups excluding carboxylic acids is 1. The highest BCUT2D eigenvalue weighted by molar-refractivity contribution is 5.85. The summed E-state index contributed by atoms with van der Waals surface area (Å²) in [5.41, 5.74) is 0. The average molecular weight is 346 g/mol. The molecule has 5 nitrogen and oxygen atoms in total. The zero-order valence-corrected chi connectivity index (χ0v) is 15.0. The van der Waals surface area contributed by atoms with Gasteiger partial charge in [-0.05, 0) is 31.7 Å². The Hall–Kier alpha value is -0.360. The summed E-state index contributed by atoms with van der Waals surface area (Å²) in [5.74, 6) is 1.04. The predicted molar refractivity (Wildman–Crippen MR) is 94.1 cm³/mol. The summed E-state index contributed by atoms with van der Waals surface area (Å²) in [5, 5.41) is 3.41. The van der Waals surface area contributed by atoms with E-state index < -0.39 is 0 Å². The van der Waals surface area contributed by atoms with E-state index in [4.69, 9.17) is 4.74 Å². The summed E-state index contributed by atoms with van der Waals surface area (Å²) in [6, 6.07) is 0.412. The molecule has 3 rings (SSSR count). The Kier molecular flexibility index (Phi) is 8.10. The second-order valence-corrected chi connectivity index (χ2v) is 7.04. The standard InChI is InChI=1S/C17H31N3O2.ClH/c21-17(13-15-3-1-2-4-15)20(16-5-6-18-14-16)8-7-19-9-11-22-12-10-19;/h15-16,18H,1-14H2;1H. The normalized spacial score (nSPS) is 26.2. The van der Waals surface area contributed by atoms with Crippen LogP contribution in [0, 0.1) is 5.92 Å². The molecule has 1 aliphatic carbocycles. The molecular weight excluding hydrogens is 314 g/mol. The monoisotopic (exact) mass is 345 g/mol. The molecule has 0 spiro atoms. The van der Waals surface area contributed by atoms with E-state index in [0.29, 0.717) is 17.9 Å². The van der Waals surface area contributed by atoms with Gasteiger partial charge >= 0.3 is 0 Å². The minimum absolute atomic E-state index is 0. The van der Waals surface area contributed by atoms with E-state index in [1.54, 1.807) is 0 Å². The molecule has 0 aromatic rings. The third-order valence-electron chi connectivity index (χ3n) is 5.49. The number of ether oxygens (including phenoxy) is 1. The Labute approximate surface area is 146 Å². The number of nitrogens with one attached hydrogen (secondary N) is 1. The smallest absolute Gasteiger partial charge is 0.223 e. The number of morpholine rings is 1. The van der Waals surface area contributed by atoms with E-state index in [2.05, 4.69) is 15.1 Å². The number of carbonyl (C=O) groups is 1. The minimum Gasteiger partial charge on any atom is -0.379 e. The van der Waals surface area contributed by atoms with Crippen LogP contribution in [0.3, 0.4) is 0 Å². The van der Waals surface area contributed by atoms with Crippen molar-refractivity contribution in [2.24, 2.45) is 5.92 Å². The second kappa shape index (κ2) is 9.82. The number of rotatable bonds is 6. The molecule has 0 radical (unpaired) electrons. The van der Waals surface area contributed by atoms with E-state index in [1.807, 2.05) is 0 Å². The van der Waals surface area contributed by atoms with Crippen molar-refractivity contribution in [2.75, 3.05) is 52.5 Å². The predicted octanol–water partition coefficient (Wildman–Crippen LogP) is 1.51. The summed E-state index contributed by atoms with van der Waals surface area (Å²) < 4.78 is 5.41. The highest BCUT2D eigenvalue weighted by Gasteiger charge is 2.29. The van der Waals surface area contributed by atoms with E-state index in [0.717, 1.165) is 65.3 Å². The van der Waals surface area contributed by atoms with Crippen molar-refractivity contribution in [1.82, 2.24) is 15.1 Å². The van der Waals surface area contributed by atoms with E-state index in [9.17, 15) is 4.79 Å². The summed E-state index contributed by atoms with van der Waals surface area (Å²) >= 11 is 0. The van der Waals surface area contributed by atoms with Crippen LogP contribution in [0.15, 0.2) is 0 Å². The SMILES string of the molecule is Cl.O=C(CC1CCCC1)N(CCN1CCOCC1)C1CCNC1. The molecule has 3 aliphatic rings. The van der Waals surface area contributed by atoms with Crippen LogP contribution in [-0.2, 0) is 9.53 Å². The fourth-order valence-electron chi connectivity index (χ4n) is 4.07. The van der Waals surface area contributed by atoms with Crippen LogP contribution < -0.4 is 5.32 Å². The second-order valence-electron chi connectivity index (χ2n) is 7.04. The number of amides is 1. The van der Waals surface area contributed by atoms with E-state index in [-0.39, 0.29) is 12.4 Å². The van der Waals surface area contributed by atoms with Crippen molar-refractivity contribution in [2.45, 2.75) is 44.6 Å². The molecule has 6 heteroatoms. The minimum atomic E-state index is 0. The van der Waals surface area contributed by atoms with Gasteiger partial charge in [-0.15, -0.1) is 12.4 Å². The Morgan fingerprint density at radius 3 is 2.57 bits per heavy atom. The average Bonchev–Trinajstić information content (AvgIpc) is 3.22. The molecule has 1 atom stereocenters. The lowest BCUT2D eigenvalue weighted by Crippen LogP contribution is -2.47. The maximum absolute atomic E-state index is 12.8. The molecule has 23 heavy (non-hydrogen) atoms. The third kappa shape index (κ3) is 5.59. The molecule has 2 heterocycles. The van der Waals surface area contributed by atoms with Gasteiger partial charge in [-0.3, -0.25) is 9.69 Å². The first kappa shape index (κ1) is 19.0. The molecule has 1 unspecified atom stereocenters. The molecular formula is C17H32ClN3O2. The fraction of sp³-hybridized carbons (Fsp3) is 0.941. The quantitative estimate of drug-likeness (QED) is 0.792. The van der Waals surface area contributed by atoms with Gasteiger partial charge in [-0.25, -0.2) is 0 Å². The fourth-order valence-corrected chi connectivity index (χ4v) is 4.07. The van der Waals surface area contributed by atoms with Crippen LogP contribution in [-0.4, -0.2) is 74.2 Å². The van der Waals surface area contributed by atoms with Crippen molar-refractivity contribution < 1.29 is 9.53 Å². The number of nitrogens with zero attached hydrogens (tertiary/aromatic N) is 2. The molecule has 3 fully saturated rings. The molecule has 0 aromatic heterocycles. The molecule has 1 saturated carbocycles. The molecule has 0 aromatic carbocycles. The topological polar surface area (TPSA) is 44.8 Å². The van der Waals surface area contributed by atoms with Crippen LogP contribution in [0.4, 0.5) is 0 Å². The van der Waals surface area contributed by atoms with Gasteiger partial charge in [0.25, 0.3) is 0 Å². The lowest BCUT2D eigenvalue weighted by molar-refractivity contribution is -0.134. The summed E-state index contributed by atoms with van der Waals surface area (Å²) in [6.45, 7) is 7.59. The van der Waals surface area contributed by atoms with Gasteiger partial charge in [0.05, 0.1) is 13.2 Å². The van der Waals surface area contributed by atoms with Crippen LogP contribution >= 0.6 is 12.4 Å². The largest absolute Gasteiger partial charge is 0.379 e. The van der Waals surface area contributed by atoms with Crippen molar-refractivity contribution in [3.63, 3.8) is 0 Å². The third-order valence-corrected chi connectivity index (χ3v) is 5.49. The first-order valence-electron chi connectivity index (χ1n) is 9.13. The first-order valence-corrected chi connectivity index (χ1v) is 9.13. The van der Waals surface area contributed by atoms with Gasteiger partial charge < -0.3 is 15.0 Å². The maximum atomic E-state index is 12.8. The lowest BCUT2D eigenvalue weighted by Gasteiger charge is -2.33. The number of halogens is 1. The van der Waals surface area contributed by atoms with E-state index >= 15 is 0 Å². The molecule has 1 N–H and O–H groups in total. The van der Waals surface area contributed by atoms with Gasteiger partial charge in [-0.1, -0.05) is 12.8 Å². The van der Waals surface area contributed by atoms with E-state index in [1.165, 1.54) is 25.7 Å². The number of hydrogen-bond donors (Lipinski definition) is 1.